The third kappa shape index (κ3) is 3.67. The van der Waals surface area contributed by atoms with E-state index in [-0.39, 0.29) is 23.0 Å². The van der Waals surface area contributed by atoms with E-state index < -0.39 is 0 Å². The normalized spacial score (nSPS) is 25.1. The molecular weight excluding hydrogens is 352 g/mol. The van der Waals surface area contributed by atoms with Crippen LogP contribution in [0.1, 0.15) is 46.5 Å². The summed E-state index contributed by atoms with van der Waals surface area (Å²) in [6.07, 6.45) is 3.99. The molecule has 0 N–H and O–H groups in total. The van der Waals surface area contributed by atoms with Crippen molar-refractivity contribution in [2.24, 2.45) is 11.3 Å². The summed E-state index contributed by atoms with van der Waals surface area (Å²) in [5.41, 5.74) is 1.17. The Kier molecular flexibility index (Phi) is 4.94. The van der Waals surface area contributed by atoms with Crippen molar-refractivity contribution in [3.63, 3.8) is 0 Å². The largest absolute Gasteiger partial charge is 0.423 e. The van der Waals surface area contributed by atoms with Crippen LogP contribution in [0.2, 0.25) is 0 Å². The number of fused-ring (bicyclic) bond motifs is 1. The molecule has 3 heterocycles. The fourth-order valence-corrected chi connectivity index (χ4v) is 5.12. The van der Waals surface area contributed by atoms with E-state index in [1.807, 2.05) is 24.3 Å². The summed E-state index contributed by atoms with van der Waals surface area (Å²) in [4.78, 5) is 29.8. The Hall–Kier alpha value is -2.30. The summed E-state index contributed by atoms with van der Waals surface area (Å²) in [5, 5.41) is 0.895. The smallest absolute Gasteiger partial charge is 0.338 e. The number of likely N-dealkylation sites (tertiary alicyclic amines) is 1. The molecule has 5 heteroatoms. The van der Waals surface area contributed by atoms with E-state index >= 15 is 0 Å². The highest BCUT2D eigenvalue weighted by molar-refractivity contribution is 5.94. The lowest BCUT2D eigenvalue weighted by molar-refractivity contribution is -0.133. The molecule has 0 aliphatic carbocycles. The maximum atomic E-state index is 13.5. The minimum Gasteiger partial charge on any atom is -0.423 e. The van der Waals surface area contributed by atoms with Crippen LogP contribution in [0.25, 0.3) is 11.0 Å². The molecule has 1 amide bonds. The number of carbonyl (C=O) groups excluding carboxylic acids is 1. The highest BCUT2D eigenvalue weighted by atomic mass is 16.4. The fourth-order valence-electron chi connectivity index (χ4n) is 5.12. The zero-order valence-electron chi connectivity index (χ0n) is 17.1. The van der Waals surface area contributed by atoms with Crippen molar-refractivity contribution >= 4 is 22.6 Å². The highest BCUT2D eigenvalue weighted by Crippen LogP contribution is 2.35. The van der Waals surface area contributed by atoms with Gasteiger partial charge in [0.25, 0.3) is 0 Å². The van der Waals surface area contributed by atoms with Crippen molar-refractivity contribution in [1.82, 2.24) is 4.90 Å². The average Bonchev–Trinajstić information content (AvgIpc) is 3.07. The van der Waals surface area contributed by atoms with Gasteiger partial charge in [-0.05, 0) is 49.1 Å². The second kappa shape index (κ2) is 7.26. The molecule has 28 heavy (non-hydrogen) atoms. The summed E-state index contributed by atoms with van der Waals surface area (Å²) in [6.45, 7) is 9.23. The Balaban J connectivity index is 1.66. The maximum absolute atomic E-state index is 13.5. The number of benzene rings is 1. The Morgan fingerprint density at radius 1 is 1.18 bits per heavy atom. The Labute approximate surface area is 166 Å². The molecule has 0 saturated carbocycles. The number of anilines is 1. The molecule has 5 nitrogen and oxygen atoms in total. The molecule has 150 valence electrons. The lowest BCUT2D eigenvalue weighted by Gasteiger charge is -2.34. The second-order valence-corrected chi connectivity index (χ2v) is 9.32. The maximum Gasteiger partial charge on any atom is 0.338 e. The van der Waals surface area contributed by atoms with Crippen LogP contribution in [-0.4, -0.2) is 36.5 Å². The fraction of sp³-hybridized carbons (Fsp3) is 0.565. The molecule has 2 aromatic rings. The number of amides is 1. The van der Waals surface area contributed by atoms with Crippen LogP contribution in [0.4, 0.5) is 5.69 Å². The molecule has 1 unspecified atom stereocenters. The molecule has 1 aromatic heterocycles. The van der Waals surface area contributed by atoms with E-state index in [1.54, 1.807) is 6.07 Å². The van der Waals surface area contributed by atoms with E-state index in [9.17, 15) is 9.59 Å². The average molecular weight is 383 g/mol. The predicted octanol–water partition coefficient (Wildman–Crippen LogP) is 4.05. The van der Waals surface area contributed by atoms with E-state index in [0.29, 0.717) is 11.5 Å². The van der Waals surface area contributed by atoms with Crippen LogP contribution in [0.15, 0.2) is 39.5 Å². The van der Waals surface area contributed by atoms with Gasteiger partial charge in [0.2, 0.25) is 5.91 Å². The quantitative estimate of drug-likeness (QED) is 0.736. The van der Waals surface area contributed by atoms with Gasteiger partial charge in [-0.25, -0.2) is 4.79 Å². The summed E-state index contributed by atoms with van der Waals surface area (Å²) < 4.78 is 5.35. The molecule has 0 radical (unpaired) electrons. The van der Waals surface area contributed by atoms with Crippen LogP contribution in [0.5, 0.6) is 0 Å². The molecule has 2 atom stereocenters. The zero-order valence-corrected chi connectivity index (χ0v) is 17.1. The van der Waals surface area contributed by atoms with E-state index in [0.717, 1.165) is 56.4 Å². The summed E-state index contributed by atoms with van der Waals surface area (Å²) in [5.74, 6) is 0.840. The monoisotopic (exact) mass is 382 g/mol. The van der Waals surface area contributed by atoms with Crippen LogP contribution in [0.3, 0.4) is 0 Å². The lowest BCUT2D eigenvalue weighted by atomic mass is 9.83. The van der Waals surface area contributed by atoms with Gasteiger partial charge in [-0.2, -0.15) is 0 Å². The number of rotatable bonds is 2. The van der Waals surface area contributed by atoms with Crippen LogP contribution < -0.4 is 10.5 Å². The minimum absolute atomic E-state index is 0.134. The highest BCUT2D eigenvalue weighted by Gasteiger charge is 2.38. The first kappa shape index (κ1) is 19.0. The Bertz CT molecular complexity index is 933. The number of hydrogen-bond acceptors (Lipinski definition) is 4. The minimum atomic E-state index is -0.364. The molecule has 2 saturated heterocycles. The van der Waals surface area contributed by atoms with Crippen molar-refractivity contribution < 1.29 is 9.21 Å². The first-order chi connectivity index (χ1) is 13.3. The Morgan fingerprint density at radius 2 is 1.96 bits per heavy atom. The molecule has 0 bridgehead atoms. The molecule has 2 aliphatic rings. The van der Waals surface area contributed by atoms with Crippen LogP contribution in [0, 0.1) is 11.3 Å². The molecule has 2 fully saturated rings. The molecule has 0 spiro atoms. The van der Waals surface area contributed by atoms with Crippen molar-refractivity contribution in [1.29, 1.82) is 0 Å². The van der Waals surface area contributed by atoms with Gasteiger partial charge >= 0.3 is 5.63 Å². The number of hydrogen-bond donors (Lipinski definition) is 0. The van der Waals surface area contributed by atoms with Gasteiger partial charge in [0.1, 0.15) is 11.6 Å². The molecular formula is C23H30N2O3. The molecule has 1 aromatic carbocycles. The van der Waals surface area contributed by atoms with Gasteiger partial charge in [-0.3, -0.25) is 4.79 Å². The van der Waals surface area contributed by atoms with Gasteiger partial charge in [-0.1, -0.05) is 32.9 Å². The van der Waals surface area contributed by atoms with Crippen LogP contribution >= 0.6 is 0 Å². The van der Waals surface area contributed by atoms with Gasteiger partial charge in [-0.15, -0.1) is 0 Å². The zero-order chi connectivity index (χ0) is 19.9. The van der Waals surface area contributed by atoms with Crippen molar-refractivity contribution in [2.75, 3.05) is 24.5 Å². The summed E-state index contributed by atoms with van der Waals surface area (Å²) in [7, 11) is 0. The lowest BCUT2D eigenvalue weighted by Crippen LogP contribution is -2.48. The van der Waals surface area contributed by atoms with Gasteiger partial charge < -0.3 is 14.2 Å². The topological polar surface area (TPSA) is 53.8 Å². The predicted molar refractivity (Wildman–Crippen MR) is 112 cm³/mol. The van der Waals surface area contributed by atoms with Crippen LogP contribution in [-0.2, 0) is 4.79 Å². The van der Waals surface area contributed by atoms with E-state index in [4.69, 9.17) is 4.42 Å². The van der Waals surface area contributed by atoms with Crippen molar-refractivity contribution in [3.8, 4) is 0 Å². The van der Waals surface area contributed by atoms with Gasteiger partial charge in [0.15, 0.2) is 0 Å². The summed E-state index contributed by atoms with van der Waals surface area (Å²) in [6, 6.07) is 8.92. The number of carbonyl (C=O) groups is 1. The van der Waals surface area contributed by atoms with Crippen molar-refractivity contribution in [2.45, 2.75) is 52.5 Å². The van der Waals surface area contributed by atoms with Gasteiger partial charge in [0, 0.05) is 31.1 Å². The van der Waals surface area contributed by atoms with Gasteiger partial charge in [0.05, 0.1) is 5.69 Å². The number of para-hydroxylation sites is 1. The SMILES string of the molecule is CC1CCN(C(=O)[C@@H]2CCCN2c2cc(=O)oc3ccccc23)CC(C)(C)C1. The molecule has 2 aliphatic heterocycles. The molecule has 4 rings (SSSR count). The third-order valence-electron chi connectivity index (χ3n) is 6.20. The van der Waals surface area contributed by atoms with E-state index in [2.05, 4.69) is 30.6 Å². The first-order valence-corrected chi connectivity index (χ1v) is 10.4. The number of nitrogens with zero attached hydrogens (tertiary/aromatic N) is 2. The standard InChI is InChI=1S/C23H30N2O3/c1-16-10-12-24(15-23(2,3)14-16)22(27)18-8-6-11-25(18)19-13-21(26)28-20-9-5-4-7-17(19)20/h4-5,7,9,13,16,18H,6,8,10-12,14-15H2,1-3H3/t16?,18-/m0/s1. The van der Waals surface area contributed by atoms with E-state index in [1.165, 1.54) is 0 Å². The first-order valence-electron chi connectivity index (χ1n) is 10.4. The second-order valence-electron chi connectivity index (χ2n) is 9.32. The Morgan fingerprint density at radius 3 is 2.79 bits per heavy atom. The third-order valence-corrected chi connectivity index (χ3v) is 6.20. The summed E-state index contributed by atoms with van der Waals surface area (Å²) >= 11 is 0. The van der Waals surface area contributed by atoms with Crippen molar-refractivity contribution in [3.05, 3.63) is 40.8 Å².